The highest BCUT2D eigenvalue weighted by atomic mass is 19.3. The van der Waals surface area contributed by atoms with E-state index >= 15 is 0 Å². The fraction of sp³-hybridized carbons (Fsp3) is 0.118. The first-order chi connectivity index (χ1) is 13.3. The average Bonchev–Trinajstić information content (AvgIpc) is 2.61. The third-order valence-electron chi connectivity index (χ3n) is 3.11. The lowest BCUT2D eigenvalue weighted by Gasteiger charge is -2.12. The van der Waals surface area contributed by atoms with Gasteiger partial charge in [-0.25, -0.2) is 9.78 Å². The van der Waals surface area contributed by atoms with Crippen LogP contribution in [-0.4, -0.2) is 35.2 Å². The van der Waals surface area contributed by atoms with Crippen LogP contribution in [0.4, 0.5) is 23.4 Å². The molecule has 7 nitrogen and oxygen atoms in total. The fourth-order valence-corrected chi connectivity index (χ4v) is 2.02. The Labute approximate surface area is 155 Å². The molecule has 2 N–H and O–H groups in total. The van der Waals surface area contributed by atoms with Gasteiger partial charge in [0, 0.05) is 12.3 Å². The van der Waals surface area contributed by atoms with Crippen molar-refractivity contribution in [2.75, 3.05) is 5.32 Å². The quantitative estimate of drug-likeness (QED) is 0.519. The topological polar surface area (TPSA) is 97.8 Å². The van der Waals surface area contributed by atoms with Gasteiger partial charge in [-0.1, -0.05) is 6.07 Å². The van der Waals surface area contributed by atoms with Crippen molar-refractivity contribution in [3.05, 3.63) is 53.7 Å². The highest BCUT2D eigenvalue weighted by Crippen LogP contribution is 2.31. The first-order valence-corrected chi connectivity index (χ1v) is 7.47. The summed E-state index contributed by atoms with van der Waals surface area (Å²) in [6, 6.07) is 5.79. The van der Waals surface area contributed by atoms with Crippen molar-refractivity contribution in [1.29, 1.82) is 0 Å². The first kappa shape index (κ1) is 20.7. The Morgan fingerprint density at radius 2 is 1.75 bits per heavy atom. The van der Waals surface area contributed by atoms with Gasteiger partial charge in [0.1, 0.15) is 11.4 Å². The van der Waals surface area contributed by atoms with E-state index in [1.807, 2.05) is 0 Å². The number of carboxylic acid groups (broad SMARTS) is 1. The van der Waals surface area contributed by atoms with Gasteiger partial charge in [-0.2, -0.15) is 17.6 Å². The number of nitrogens with one attached hydrogen (secondary N) is 1. The molecule has 11 heteroatoms. The summed E-state index contributed by atoms with van der Waals surface area (Å²) in [5.74, 6) is -3.49. The number of ether oxygens (including phenoxy) is 2. The van der Waals surface area contributed by atoms with E-state index in [1.54, 1.807) is 0 Å². The van der Waals surface area contributed by atoms with Crippen LogP contribution in [0.5, 0.6) is 11.5 Å². The van der Waals surface area contributed by atoms with Crippen molar-refractivity contribution in [1.82, 2.24) is 4.98 Å². The Morgan fingerprint density at radius 1 is 1.07 bits per heavy atom. The fourth-order valence-electron chi connectivity index (χ4n) is 2.02. The molecular weight excluding hydrogens is 388 g/mol. The summed E-state index contributed by atoms with van der Waals surface area (Å²) in [6.45, 7) is -6.52. The summed E-state index contributed by atoms with van der Waals surface area (Å²) in [5, 5.41) is 11.3. The molecule has 1 amide bonds. The van der Waals surface area contributed by atoms with Crippen LogP contribution in [0.15, 0.2) is 42.6 Å². The molecule has 2 aromatic rings. The zero-order valence-corrected chi connectivity index (χ0v) is 13.8. The number of anilines is 1. The number of hydrogen-bond donors (Lipinski definition) is 2. The first-order valence-electron chi connectivity index (χ1n) is 7.47. The number of pyridine rings is 1. The van der Waals surface area contributed by atoms with Gasteiger partial charge in [-0.3, -0.25) is 4.79 Å². The Morgan fingerprint density at radius 3 is 2.39 bits per heavy atom. The number of hydrogen-bond acceptors (Lipinski definition) is 5. The summed E-state index contributed by atoms with van der Waals surface area (Å²) < 4.78 is 57.7. The maximum absolute atomic E-state index is 12.4. The number of aromatic carboxylic acids is 1. The van der Waals surface area contributed by atoms with Crippen LogP contribution in [0.1, 0.15) is 15.9 Å². The van der Waals surface area contributed by atoms with Gasteiger partial charge in [0.25, 0.3) is 0 Å². The molecule has 1 aromatic heterocycles. The minimum absolute atomic E-state index is 0.159. The van der Waals surface area contributed by atoms with E-state index in [1.165, 1.54) is 30.5 Å². The van der Waals surface area contributed by atoms with Crippen molar-refractivity contribution in [2.24, 2.45) is 0 Å². The minimum atomic E-state index is -3.28. The van der Waals surface area contributed by atoms with E-state index in [0.717, 1.165) is 18.2 Å². The highest BCUT2D eigenvalue weighted by molar-refractivity contribution is 6.05. The van der Waals surface area contributed by atoms with Crippen LogP contribution in [0.25, 0.3) is 6.08 Å². The maximum Gasteiger partial charge on any atom is 0.387 e. The van der Waals surface area contributed by atoms with Gasteiger partial charge in [-0.05, 0) is 35.9 Å². The zero-order chi connectivity index (χ0) is 20.7. The number of carboxylic acids is 1. The third kappa shape index (κ3) is 5.97. The van der Waals surface area contributed by atoms with E-state index in [-0.39, 0.29) is 16.9 Å². The lowest BCUT2D eigenvalue weighted by atomic mass is 10.2. The molecule has 0 saturated carbocycles. The van der Waals surface area contributed by atoms with Crippen LogP contribution in [-0.2, 0) is 4.79 Å². The summed E-state index contributed by atoms with van der Waals surface area (Å²) in [6.07, 6.45) is 3.42. The number of nitrogens with zero attached hydrogens (tertiary/aromatic N) is 1. The van der Waals surface area contributed by atoms with Gasteiger partial charge < -0.3 is 19.9 Å². The van der Waals surface area contributed by atoms with Crippen LogP contribution in [0, 0.1) is 0 Å². The SMILES string of the molecule is O=C(/C=C/c1ccc(OC(F)F)c(OC(F)F)c1)Nc1ncccc1C(=O)O. The number of aromatic nitrogens is 1. The standard InChI is InChI=1S/C17H12F4N2O5/c18-16(19)27-11-5-3-9(8-12(11)28-17(20)21)4-6-13(24)23-14-10(15(25)26)2-1-7-22-14/h1-8,16-17H,(H,25,26)(H,22,23,24)/b6-4+. The van der Waals surface area contributed by atoms with Gasteiger partial charge in [-0.15, -0.1) is 0 Å². The second-order valence-corrected chi connectivity index (χ2v) is 4.99. The van der Waals surface area contributed by atoms with Crippen molar-refractivity contribution in [2.45, 2.75) is 13.2 Å². The number of carbonyl (C=O) groups is 2. The molecule has 0 radical (unpaired) electrons. The lowest BCUT2D eigenvalue weighted by molar-refractivity contribution is -0.111. The third-order valence-corrected chi connectivity index (χ3v) is 3.11. The number of amides is 1. The van der Waals surface area contributed by atoms with Crippen molar-refractivity contribution >= 4 is 23.8 Å². The Hall–Kier alpha value is -3.63. The van der Waals surface area contributed by atoms with E-state index in [9.17, 15) is 27.2 Å². The Kier molecular flexibility index (Phi) is 6.90. The molecule has 0 aliphatic carbocycles. The second kappa shape index (κ2) is 9.35. The monoisotopic (exact) mass is 400 g/mol. The summed E-state index contributed by atoms with van der Waals surface area (Å²) in [5.41, 5.74) is -0.0720. The number of alkyl halides is 4. The molecular formula is C17H12F4N2O5. The highest BCUT2D eigenvalue weighted by Gasteiger charge is 2.15. The molecule has 0 aliphatic heterocycles. The predicted octanol–water partition coefficient (Wildman–Crippen LogP) is 3.63. The molecule has 0 unspecified atom stereocenters. The van der Waals surface area contributed by atoms with E-state index < -0.39 is 36.6 Å². The van der Waals surface area contributed by atoms with E-state index in [2.05, 4.69) is 19.8 Å². The molecule has 0 bridgehead atoms. The van der Waals surface area contributed by atoms with Gasteiger partial charge in [0.05, 0.1) is 0 Å². The molecule has 0 spiro atoms. The normalized spacial score (nSPS) is 11.1. The largest absolute Gasteiger partial charge is 0.478 e. The number of halogens is 4. The van der Waals surface area contributed by atoms with Crippen LogP contribution in [0.3, 0.4) is 0 Å². The van der Waals surface area contributed by atoms with Gasteiger partial charge in [0.15, 0.2) is 11.5 Å². The molecule has 1 aromatic carbocycles. The van der Waals surface area contributed by atoms with E-state index in [4.69, 9.17) is 5.11 Å². The average molecular weight is 400 g/mol. The Balaban J connectivity index is 2.16. The van der Waals surface area contributed by atoms with Crippen LogP contribution < -0.4 is 14.8 Å². The van der Waals surface area contributed by atoms with E-state index in [0.29, 0.717) is 0 Å². The summed E-state index contributed by atoms with van der Waals surface area (Å²) in [7, 11) is 0. The maximum atomic E-state index is 12.4. The molecule has 28 heavy (non-hydrogen) atoms. The molecule has 0 aliphatic rings. The number of benzene rings is 1. The molecule has 0 fully saturated rings. The van der Waals surface area contributed by atoms with Crippen LogP contribution >= 0.6 is 0 Å². The molecule has 1 heterocycles. The Bertz CT molecular complexity index is 890. The van der Waals surface area contributed by atoms with Crippen molar-refractivity contribution < 1.29 is 41.7 Å². The second-order valence-electron chi connectivity index (χ2n) is 4.99. The molecule has 148 valence electrons. The van der Waals surface area contributed by atoms with Crippen molar-refractivity contribution in [3.8, 4) is 11.5 Å². The zero-order valence-electron chi connectivity index (χ0n) is 13.8. The number of rotatable bonds is 8. The van der Waals surface area contributed by atoms with Gasteiger partial charge >= 0.3 is 19.2 Å². The van der Waals surface area contributed by atoms with Crippen molar-refractivity contribution in [3.63, 3.8) is 0 Å². The minimum Gasteiger partial charge on any atom is -0.478 e. The number of carbonyl (C=O) groups excluding carboxylic acids is 1. The molecule has 2 rings (SSSR count). The predicted molar refractivity (Wildman–Crippen MR) is 88.6 cm³/mol. The summed E-state index contributed by atoms with van der Waals surface area (Å²) >= 11 is 0. The summed E-state index contributed by atoms with van der Waals surface area (Å²) in [4.78, 5) is 26.7. The smallest absolute Gasteiger partial charge is 0.387 e. The molecule has 0 saturated heterocycles. The van der Waals surface area contributed by atoms with Crippen LogP contribution in [0.2, 0.25) is 0 Å². The van der Waals surface area contributed by atoms with Gasteiger partial charge in [0.2, 0.25) is 5.91 Å². The molecule has 0 atom stereocenters. The lowest BCUT2D eigenvalue weighted by Crippen LogP contribution is -2.13.